The normalized spacial score (nSPS) is 10.5. The van der Waals surface area contributed by atoms with Crippen LogP contribution in [0, 0.1) is 13.8 Å². The zero-order valence-electron chi connectivity index (χ0n) is 10.1. The van der Waals surface area contributed by atoms with Gasteiger partial charge in [0.05, 0.1) is 0 Å². The van der Waals surface area contributed by atoms with E-state index in [0.29, 0.717) is 5.15 Å². The van der Waals surface area contributed by atoms with Crippen LogP contribution in [0.5, 0.6) is 0 Å². The highest BCUT2D eigenvalue weighted by molar-refractivity contribution is 6.30. The zero-order valence-corrected chi connectivity index (χ0v) is 10.8. The number of benzene rings is 1. The maximum atomic E-state index is 6.05. The van der Waals surface area contributed by atoms with Gasteiger partial charge in [0, 0.05) is 17.7 Å². The first-order valence-electron chi connectivity index (χ1n) is 5.70. The summed E-state index contributed by atoms with van der Waals surface area (Å²) >= 11 is 6.05. The van der Waals surface area contributed by atoms with Crippen LogP contribution < -0.4 is 0 Å². The second kappa shape index (κ2) is 5.28. The minimum atomic E-state index is 0.570. The fourth-order valence-corrected chi connectivity index (χ4v) is 1.90. The van der Waals surface area contributed by atoms with Gasteiger partial charge in [-0.15, -0.1) is 0 Å². The summed E-state index contributed by atoms with van der Waals surface area (Å²) in [6.07, 6.45) is 1.77. The molecule has 0 saturated heterocycles. The van der Waals surface area contributed by atoms with Crippen LogP contribution in [-0.4, -0.2) is 9.97 Å². The lowest BCUT2D eigenvalue weighted by Crippen LogP contribution is -2.02. The van der Waals surface area contributed by atoms with Gasteiger partial charge in [-0.3, -0.25) is 0 Å². The molecule has 1 aromatic carbocycles. The van der Waals surface area contributed by atoms with Crippen LogP contribution in [0.4, 0.5) is 0 Å². The average Bonchev–Trinajstić information content (AvgIpc) is 2.34. The van der Waals surface area contributed by atoms with Crippen molar-refractivity contribution in [3.63, 3.8) is 0 Å². The molecule has 1 heterocycles. The van der Waals surface area contributed by atoms with E-state index in [2.05, 4.69) is 22.1 Å². The Morgan fingerprint density at radius 2 is 1.71 bits per heavy atom. The van der Waals surface area contributed by atoms with E-state index in [1.807, 2.05) is 32.0 Å². The summed E-state index contributed by atoms with van der Waals surface area (Å²) in [5, 5.41) is 0.570. The first kappa shape index (κ1) is 12.1. The van der Waals surface area contributed by atoms with Crippen molar-refractivity contribution in [2.24, 2.45) is 0 Å². The Bertz CT molecular complexity index is 486. The molecule has 2 nitrogen and oxygen atoms in total. The Balaban J connectivity index is 2.10. The Labute approximate surface area is 107 Å². The van der Waals surface area contributed by atoms with Crippen molar-refractivity contribution >= 4 is 11.6 Å². The number of halogens is 1. The lowest BCUT2D eigenvalue weighted by molar-refractivity contribution is 0.840. The van der Waals surface area contributed by atoms with Gasteiger partial charge in [-0.05, 0) is 25.8 Å². The molecule has 0 bridgehead atoms. The first-order chi connectivity index (χ1) is 8.16. The monoisotopic (exact) mass is 246 g/mol. The molecule has 17 heavy (non-hydrogen) atoms. The van der Waals surface area contributed by atoms with Gasteiger partial charge in [0.2, 0.25) is 0 Å². The smallest absolute Gasteiger partial charge is 0.135 e. The van der Waals surface area contributed by atoms with Crippen molar-refractivity contribution in [1.82, 2.24) is 9.97 Å². The van der Waals surface area contributed by atoms with E-state index in [0.717, 1.165) is 29.9 Å². The molecule has 88 valence electrons. The van der Waals surface area contributed by atoms with Gasteiger partial charge < -0.3 is 0 Å². The Kier molecular flexibility index (Phi) is 3.75. The van der Waals surface area contributed by atoms with E-state index in [-0.39, 0.29) is 0 Å². The second-order valence-electron chi connectivity index (χ2n) is 4.13. The average molecular weight is 247 g/mol. The van der Waals surface area contributed by atoms with Gasteiger partial charge in [-0.2, -0.15) is 0 Å². The van der Waals surface area contributed by atoms with Crippen LogP contribution in [0.15, 0.2) is 30.3 Å². The highest BCUT2D eigenvalue weighted by Crippen LogP contribution is 2.15. The molecular formula is C14H15ClN2. The molecule has 0 fully saturated rings. The third kappa shape index (κ3) is 3.04. The summed E-state index contributed by atoms with van der Waals surface area (Å²) in [5.41, 5.74) is 3.23. The van der Waals surface area contributed by atoms with Crippen LogP contribution in [-0.2, 0) is 12.8 Å². The van der Waals surface area contributed by atoms with Crippen LogP contribution in [0.3, 0.4) is 0 Å². The van der Waals surface area contributed by atoms with E-state index < -0.39 is 0 Å². The fraction of sp³-hybridized carbons (Fsp3) is 0.286. The topological polar surface area (TPSA) is 25.8 Å². The molecule has 0 aliphatic heterocycles. The lowest BCUT2D eigenvalue weighted by atomic mass is 10.1. The largest absolute Gasteiger partial charge is 0.238 e. The molecule has 3 heteroatoms. The van der Waals surface area contributed by atoms with E-state index in [1.165, 1.54) is 5.56 Å². The molecule has 0 N–H and O–H groups in total. The van der Waals surface area contributed by atoms with Gasteiger partial charge in [-0.1, -0.05) is 41.9 Å². The third-order valence-corrected chi connectivity index (χ3v) is 3.22. The Morgan fingerprint density at radius 1 is 1.00 bits per heavy atom. The first-order valence-corrected chi connectivity index (χ1v) is 6.08. The number of hydrogen-bond donors (Lipinski definition) is 0. The Hall–Kier alpha value is -1.41. The molecule has 0 amide bonds. The standard InChI is InChI=1S/C14H15ClN2/c1-10-11(2)16-13(17-14(10)15)9-8-12-6-4-3-5-7-12/h3-7H,8-9H2,1-2H3. The van der Waals surface area contributed by atoms with Gasteiger partial charge in [0.1, 0.15) is 11.0 Å². The van der Waals surface area contributed by atoms with E-state index >= 15 is 0 Å². The molecule has 2 rings (SSSR count). The molecule has 0 saturated carbocycles. The summed E-state index contributed by atoms with van der Waals surface area (Å²) in [7, 11) is 0. The minimum absolute atomic E-state index is 0.570. The molecular weight excluding hydrogens is 232 g/mol. The molecule has 0 aliphatic carbocycles. The quantitative estimate of drug-likeness (QED) is 0.775. The summed E-state index contributed by atoms with van der Waals surface area (Å²) < 4.78 is 0. The molecule has 0 radical (unpaired) electrons. The van der Waals surface area contributed by atoms with Gasteiger partial charge in [-0.25, -0.2) is 9.97 Å². The van der Waals surface area contributed by atoms with Crippen molar-refractivity contribution < 1.29 is 0 Å². The van der Waals surface area contributed by atoms with E-state index in [4.69, 9.17) is 11.6 Å². The molecule has 0 aliphatic rings. The van der Waals surface area contributed by atoms with Gasteiger partial charge in [0.15, 0.2) is 0 Å². The van der Waals surface area contributed by atoms with Crippen molar-refractivity contribution in [1.29, 1.82) is 0 Å². The SMILES string of the molecule is Cc1nc(CCc2ccccc2)nc(Cl)c1C. The second-order valence-corrected chi connectivity index (χ2v) is 4.48. The summed E-state index contributed by atoms with van der Waals surface area (Å²) in [6, 6.07) is 10.3. The van der Waals surface area contributed by atoms with Gasteiger partial charge in [0.25, 0.3) is 0 Å². The number of rotatable bonds is 3. The lowest BCUT2D eigenvalue weighted by Gasteiger charge is -2.05. The summed E-state index contributed by atoms with van der Waals surface area (Å²) in [4.78, 5) is 8.76. The maximum absolute atomic E-state index is 6.05. The number of aryl methyl sites for hydroxylation is 3. The zero-order chi connectivity index (χ0) is 12.3. The molecule has 2 aromatic rings. The van der Waals surface area contributed by atoms with Crippen LogP contribution >= 0.6 is 11.6 Å². The summed E-state index contributed by atoms with van der Waals surface area (Å²) in [5.74, 6) is 0.821. The molecule has 0 atom stereocenters. The van der Waals surface area contributed by atoms with Crippen molar-refractivity contribution in [2.75, 3.05) is 0 Å². The van der Waals surface area contributed by atoms with Crippen LogP contribution in [0.25, 0.3) is 0 Å². The molecule has 0 spiro atoms. The predicted octanol–water partition coefficient (Wildman–Crippen LogP) is 3.53. The van der Waals surface area contributed by atoms with Crippen LogP contribution in [0.2, 0.25) is 5.15 Å². The highest BCUT2D eigenvalue weighted by atomic mass is 35.5. The highest BCUT2D eigenvalue weighted by Gasteiger charge is 2.05. The van der Waals surface area contributed by atoms with E-state index in [9.17, 15) is 0 Å². The van der Waals surface area contributed by atoms with Crippen molar-refractivity contribution in [2.45, 2.75) is 26.7 Å². The summed E-state index contributed by atoms with van der Waals surface area (Å²) in [6.45, 7) is 3.91. The minimum Gasteiger partial charge on any atom is -0.238 e. The van der Waals surface area contributed by atoms with Crippen LogP contribution in [0.1, 0.15) is 22.6 Å². The Morgan fingerprint density at radius 3 is 2.35 bits per heavy atom. The number of hydrogen-bond acceptors (Lipinski definition) is 2. The van der Waals surface area contributed by atoms with Gasteiger partial charge >= 0.3 is 0 Å². The predicted molar refractivity (Wildman–Crippen MR) is 70.4 cm³/mol. The molecule has 1 aromatic heterocycles. The fourth-order valence-electron chi connectivity index (χ4n) is 1.66. The van der Waals surface area contributed by atoms with Crippen molar-refractivity contribution in [3.8, 4) is 0 Å². The molecule has 0 unspecified atom stereocenters. The third-order valence-electron chi connectivity index (χ3n) is 2.86. The van der Waals surface area contributed by atoms with Crippen molar-refractivity contribution in [3.05, 3.63) is 58.1 Å². The number of aromatic nitrogens is 2. The maximum Gasteiger partial charge on any atom is 0.135 e. The van der Waals surface area contributed by atoms with E-state index in [1.54, 1.807) is 0 Å². The number of nitrogens with zero attached hydrogens (tertiary/aromatic N) is 2.